The Balaban J connectivity index is 2.10. The third kappa shape index (κ3) is 3.32. The van der Waals surface area contributed by atoms with Crippen molar-refractivity contribution in [2.24, 2.45) is 11.8 Å². The lowest BCUT2D eigenvalue weighted by Crippen LogP contribution is -2.30. The summed E-state index contributed by atoms with van der Waals surface area (Å²) in [6, 6.07) is 1.73. The van der Waals surface area contributed by atoms with Crippen LogP contribution in [0.2, 0.25) is 10.0 Å². The first-order valence-electron chi connectivity index (χ1n) is 5.97. The monoisotopic (exact) mass is 273 g/mol. The highest BCUT2D eigenvalue weighted by molar-refractivity contribution is 6.34. The second-order valence-electron chi connectivity index (χ2n) is 4.63. The molecule has 1 heterocycles. The molecular formula is C12H17Cl2N3. The second kappa shape index (κ2) is 6.01. The van der Waals surface area contributed by atoms with Crippen LogP contribution in [0.25, 0.3) is 0 Å². The third-order valence-corrected chi connectivity index (χ3v) is 3.92. The van der Waals surface area contributed by atoms with Gasteiger partial charge in [0.1, 0.15) is 0 Å². The number of rotatable bonds is 4. The van der Waals surface area contributed by atoms with Gasteiger partial charge in [0, 0.05) is 6.20 Å². The van der Waals surface area contributed by atoms with Crippen molar-refractivity contribution in [3.05, 3.63) is 28.0 Å². The molecule has 1 fully saturated rings. The molecule has 0 aromatic carbocycles. The minimum Gasteiger partial charge on any atom is -0.271 e. The molecule has 0 radical (unpaired) electrons. The summed E-state index contributed by atoms with van der Waals surface area (Å²) in [6.45, 7) is 0. The molecule has 1 unspecified atom stereocenters. The number of halogens is 2. The number of nitrogens with zero attached hydrogens (tertiary/aromatic N) is 1. The Labute approximate surface area is 112 Å². The van der Waals surface area contributed by atoms with Gasteiger partial charge in [-0.25, -0.2) is 0 Å². The summed E-state index contributed by atoms with van der Waals surface area (Å²) in [5, 5.41) is 1.13. The van der Waals surface area contributed by atoms with Crippen molar-refractivity contribution in [2.45, 2.75) is 38.1 Å². The van der Waals surface area contributed by atoms with Gasteiger partial charge < -0.3 is 0 Å². The van der Waals surface area contributed by atoms with E-state index in [1.807, 2.05) is 0 Å². The number of hydrogen-bond acceptors (Lipinski definition) is 3. The molecule has 1 saturated carbocycles. The molecule has 5 heteroatoms. The van der Waals surface area contributed by atoms with Crippen LogP contribution in [0, 0.1) is 5.92 Å². The van der Waals surface area contributed by atoms with Gasteiger partial charge in [-0.2, -0.15) is 0 Å². The fraction of sp³-hybridized carbons (Fsp3) is 0.583. The van der Waals surface area contributed by atoms with E-state index in [4.69, 9.17) is 29.0 Å². The molecule has 0 amide bonds. The van der Waals surface area contributed by atoms with Crippen LogP contribution >= 0.6 is 23.2 Å². The molecule has 2 rings (SSSR count). The number of nitrogens with one attached hydrogen (secondary N) is 1. The summed E-state index contributed by atoms with van der Waals surface area (Å²) in [6.07, 6.45) is 7.81. The van der Waals surface area contributed by atoms with Crippen LogP contribution in [0.1, 0.15) is 43.8 Å². The van der Waals surface area contributed by atoms with Crippen molar-refractivity contribution in [2.75, 3.05) is 0 Å². The number of hydrazine groups is 1. The maximum atomic E-state index is 6.15. The van der Waals surface area contributed by atoms with Crippen LogP contribution < -0.4 is 11.3 Å². The molecule has 1 aliphatic rings. The van der Waals surface area contributed by atoms with Crippen molar-refractivity contribution in [1.29, 1.82) is 0 Å². The van der Waals surface area contributed by atoms with Gasteiger partial charge in [0.25, 0.3) is 0 Å². The SMILES string of the molecule is NNC(CC1CCCC1)c1ncc(Cl)cc1Cl. The predicted octanol–water partition coefficient (Wildman–Crippen LogP) is 3.47. The number of hydrogen-bond donors (Lipinski definition) is 2. The highest BCUT2D eigenvalue weighted by atomic mass is 35.5. The third-order valence-electron chi connectivity index (χ3n) is 3.41. The van der Waals surface area contributed by atoms with Gasteiger partial charge in [0.05, 0.1) is 21.8 Å². The maximum absolute atomic E-state index is 6.15. The molecule has 3 nitrogen and oxygen atoms in total. The van der Waals surface area contributed by atoms with Gasteiger partial charge in [-0.3, -0.25) is 16.3 Å². The summed E-state index contributed by atoms with van der Waals surface area (Å²) in [5.41, 5.74) is 3.61. The van der Waals surface area contributed by atoms with E-state index in [2.05, 4.69) is 10.4 Å². The normalized spacial score (nSPS) is 18.5. The van der Waals surface area contributed by atoms with E-state index in [1.165, 1.54) is 25.7 Å². The van der Waals surface area contributed by atoms with Crippen molar-refractivity contribution >= 4 is 23.2 Å². The molecule has 1 aromatic rings. The summed E-state index contributed by atoms with van der Waals surface area (Å²) in [4.78, 5) is 4.28. The van der Waals surface area contributed by atoms with E-state index in [0.29, 0.717) is 10.0 Å². The summed E-state index contributed by atoms with van der Waals surface area (Å²) in [5.74, 6) is 6.33. The molecule has 1 aliphatic carbocycles. The van der Waals surface area contributed by atoms with Crippen LogP contribution in [-0.2, 0) is 0 Å². The van der Waals surface area contributed by atoms with E-state index in [0.717, 1.165) is 18.0 Å². The Morgan fingerprint density at radius 3 is 2.71 bits per heavy atom. The predicted molar refractivity (Wildman–Crippen MR) is 70.9 cm³/mol. The summed E-state index contributed by atoms with van der Waals surface area (Å²) in [7, 11) is 0. The standard InChI is InChI=1S/C12H17Cl2N3/c13-9-6-10(14)12(16-7-9)11(17-15)5-8-3-1-2-4-8/h6-8,11,17H,1-5,15H2. The van der Waals surface area contributed by atoms with E-state index in [-0.39, 0.29) is 6.04 Å². The zero-order valence-electron chi connectivity index (χ0n) is 9.63. The van der Waals surface area contributed by atoms with Gasteiger partial charge in [-0.15, -0.1) is 0 Å². The Morgan fingerprint density at radius 2 is 2.12 bits per heavy atom. The molecular weight excluding hydrogens is 257 g/mol. The van der Waals surface area contributed by atoms with Crippen molar-refractivity contribution in [3.63, 3.8) is 0 Å². The van der Waals surface area contributed by atoms with Crippen LogP contribution in [0.5, 0.6) is 0 Å². The second-order valence-corrected chi connectivity index (χ2v) is 5.47. The first kappa shape index (κ1) is 13.1. The van der Waals surface area contributed by atoms with E-state index < -0.39 is 0 Å². The van der Waals surface area contributed by atoms with Crippen LogP contribution in [0.3, 0.4) is 0 Å². The molecule has 1 aromatic heterocycles. The number of pyridine rings is 1. The zero-order valence-corrected chi connectivity index (χ0v) is 11.1. The first-order valence-corrected chi connectivity index (χ1v) is 6.73. The van der Waals surface area contributed by atoms with Gasteiger partial charge in [-0.1, -0.05) is 48.9 Å². The first-order chi connectivity index (χ1) is 8.20. The Hall–Kier alpha value is -0.350. The molecule has 0 spiro atoms. The minimum atomic E-state index is 0.0165. The molecule has 17 heavy (non-hydrogen) atoms. The largest absolute Gasteiger partial charge is 0.271 e. The molecule has 3 N–H and O–H groups in total. The van der Waals surface area contributed by atoms with Crippen molar-refractivity contribution in [1.82, 2.24) is 10.4 Å². The molecule has 0 saturated heterocycles. The van der Waals surface area contributed by atoms with Gasteiger partial charge >= 0.3 is 0 Å². The summed E-state index contributed by atoms with van der Waals surface area (Å²) >= 11 is 12.0. The zero-order chi connectivity index (χ0) is 12.3. The van der Waals surface area contributed by atoms with Crippen molar-refractivity contribution < 1.29 is 0 Å². The fourth-order valence-corrected chi connectivity index (χ4v) is 3.03. The lowest BCUT2D eigenvalue weighted by Gasteiger charge is -2.20. The number of aromatic nitrogens is 1. The van der Waals surface area contributed by atoms with Crippen LogP contribution in [-0.4, -0.2) is 4.98 Å². The van der Waals surface area contributed by atoms with Crippen LogP contribution in [0.15, 0.2) is 12.3 Å². The summed E-state index contributed by atoms with van der Waals surface area (Å²) < 4.78 is 0. The lowest BCUT2D eigenvalue weighted by atomic mass is 9.96. The van der Waals surface area contributed by atoms with Crippen LogP contribution in [0.4, 0.5) is 0 Å². The average Bonchev–Trinajstić information content (AvgIpc) is 2.79. The quantitative estimate of drug-likeness (QED) is 0.653. The smallest absolute Gasteiger partial charge is 0.0773 e. The molecule has 1 atom stereocenters. The lowest BCUT2D eigenvalue weighted by molar-refractivity contribution is 0.394. The number of nitrogens with two attached hydrogens (primary N) is 1. The Morgan fingerprint density at radius 1 is 1.41 bits per heavy atom. The molecule has 0 aliphatic heterocycles. The van der Waals surface area contributed by atoms with E-state index in [9.17, 15) is 0 Å². The highest BCUT2D eigenvalue weighted by Crippen LogP contribution is 2.34. The highest BCUT2D eigenvalue weighted by Gasteiger charge is 2.22. The van der Waals surface area contributed by atoms with E-state index in [1.54, 1.807) is 12.3 Å². The maximum Gasteiger partial charge on any atom is 0.0773 e. The molecule has 94 valence electrons. The Bertz CT molecular complexity index is 378. The minimum absolute atomic E-state index is 0.0165. The topological polar surface area (TPSA) is 50.9 Å². The van der Waals surface area contributed by atoms with Gasteiger partial charge in [0.15, 0.2) is 0 Å². The average molecular weight is 274 g/mol. The van der Waals surface area contributed by atoms with Gasteiger partial charge in [0.2, 0.25) is 0 Å². The van der Waals surface area contributed by atoms with Crippen molar-refractivity contribution in [3.8, 4) is 0 Å². The molecule has 0 bridgehead atoms. The van der Waals surface area contributed by atoms with Gasteiger partial charge in [-0.05, 0) is 18.4 Å². The fourth-order valence-electron chi connectivity index (χ4n) is 2.52. The Kier molecular flexibility index (Phi) is 4.62. The van der Waals surface area contributed by atoms with E-state index >= 15 is 0 Å².